The first kappa shape index (κ1) is 12.5. The minimum atomic E-state index is -0.140. The molecule has 1 fully saturated rings. The van der Waals surface area contributed by atoms with Crippen molar-refractivity contribution in [1.29, 1.82) is 0 Å². The van der Waals surface area contributed by atoms with Crippen LogP contribution in [0.25, 0.3) is 0 Å². The number of carbonyl (C=O) groups excluding carboxylic acids is 1. The molecule has 1 aliphatic heterocycles. The molecule has 1 atom stereocenters. The Morgan fingerprint density at radius 2 is 2.39 bits per heavy atom. The summed E-state index contributed by atoms with van der Waals surface area (Å²) in [5, 5.41) is 11.7. The van der Waals surface area contributed by atoms with Gasteiger partial charge in [-0.2, -0.15) is 0 Å². The predicted octanol–water partition coefficient (Wildman–Crippen LogP) is 1.19. The van der Waals surface area contributed by atoms with E-state index in [0.29, 0.717) is 24.6 Å². The quantitative estimate of drug-likeness (QED) is 0.357. The second kappa shape index (κ2) is 5.12. The highest BCUT2D eigenvalue weighted by atomic mass is 16.4. The maximum Gasteiger partial charge on any atom is 0.289 e. The number of likely N-dealkylation sites (tertiary alicyclic amines) is 1. The Labute approximate surface area is 105 Å². The number of aryl methyl sites for hydroxylation is 1. The number of furan rings is 1. The van der Waals surface area contributed by atoms with Gasteiger partial charge in [-0.3, -0.25) is 4.79 Å². The van der Waals surface area contributed by atoms with Gasteiger partial charge in [-0.1, -0.05) is 5.16 Å². The van der Waals surface area contributed by atoms with Gasteiger partial charge in [-0.25, -0.2) is 0 Å². The standard InChI is InChI=1S/C12H17N3O3/c1-8-4-5-10(18-8)12(16)15-6-2-3-9(7-15)11(13)14-17/h4-5,9,17H,2-3,6-7H2,1H3,(H2,13,14). The monoisotopic (exact) mass is 251 g/mol. The lowest BCUT2D eigenvalue weighted by atomic mass is 9.97. The lowest BCUT2D eigenvalue weighted by Gasteiger charge is -2.31. The fourth-order valence-electron chi connectivity index (χ4n) is 2.19. The molecule has 6 heteroatoms. The number of rotatable bonds is 2. The van der Waals surface area contributed by atoms with E-state index in [-0.39, 0.29) is 17.7 Å². The first-order valence-electron chi connectivity index (χ1n) is 5.95. The van der Waals surface area contributed by atoms with E-state index in [4.69, 9.17) is 15.4 Å². The van der Waals surface area contributed by atoms with E-state index in [0.717, 1.165) is 12.8 Å². The molecule has 2 rings (SSSR count). The largest absolute Gasteiger partial charge is 0.456 e. The van der Waals surface area contributed by atoms with Crippen LogP contribution in [0, 0.1) is 12.8 Å². The van der Waals surface area contributed by atoms with E-state index in [1.807, 2.05) is 0 Å². The summed E-state index contributed by atoms with van der Waals surface area (Å²) in [4.78, 5) is 13.8. The van der Waals surface area contributed by atoms with E-state index < -0.39 is 0 Å². The van der Waals surface area contributed by atoms with E-state index in [9.17, 15) is 4.79 Å². The highest BCUT2D eigenvalue weighted by molar-refractivity contribution is 5.92. The zero-order valence-corrected chi connectivity index (χ0v) is 10.3. The van der Waals surface area contributed by atoms with Crippen LogP contribution < -0.4 is 5.73 Å². The van der Waals surface area contributed by atoms with Gasteiger partial charge in [0.1, 0.15) is 11.6 Å². The Morgan fingerprint density at radius 3 is 3.00 bits per heavy atom. The zero-order chi connectivity index (χ0) is 13.1. The summed E-state index contributed by atoms with van der Waals surface area (Å²) in [5.74, 6) is 1.02. The molecular weight excluding hydrogens is 234 g/mol. The average Bonchev–Trinajstić information content (AvgIpc) is 2.83. The molecule has 1 aromatic heterocycles. The van der Waals surface area contributed by atoms with Crippen molar-refractivity contribution >= 4 is 11.7 Å². The summed E-state index contributed by atoms with van der Waals surface area (Å²) in [6.07, 6.45) is 1.67. The second-order valence-corrected chi connectivity index (χ2v) is 4.53. The molecule has 0 bridgehead atoms. The van der Waals surface area contributed by atoms with E-state index in [1.54, 1.807) is 24.0 Å². The molecule has 2 heterocycles. The normalized spacial score (nSPS) is 21.1. The van der Waals surface area contributed by atoms with Crippen LogP contribution >= 0.6 is 0 Å². The Morgan fingerprint density at radius 1 is 1.61 bits per heavy atom. The molecule has 1 saturated heterocycles. The molecule has 98 valence electrons. The molecule has 1 aliphatic rings. The van der Waals surface area contributed by atoms with Gasteiger partial charge >= 0.3 is 0 Å². The first-order chi connectivity index (χ1) is 8.61. The molecule has 1 unspecified atom stereocenters. The van der Waals surface area contributed by atoms with Gasteiger partial charge in [-0.05, 0) is 31.9 Å². The molecule has 0 aliphatic carbocycles. The van der Waals surface area contributed by atoms with Gasteiger partial charge in [0.15, 0.2) is 5.76 Å². The summed E-state index contributed by atoms with van der Waals surface area (Å²) >= 11 is 0. The minimum absolute atomic E-state index is 0.0799. The van der Waals surface area contributed by atoms with Crippen LogP contribution in [0.2, 0.25) is 0 Å². The smallest absolute Gasteiger partial charge is 0.289 e. The summed E-state index contributed by atoms with van der Waals surface area (Å²) in [6, 6.07) is 3.43. The number of carbonyl (C=O) groups is 1. The van der Waals surface area contributed by atoms with Crippen LogP contribution in [0.4, 0.5) is 0 Å². The molecule has 0 saturated carbocycles. The van der Waals surface area contributed by atoms with Crippen molar-refractivity contribution in [2.75, 3.05) is 13.1 Å². The molecule has 1 amide bonds. The fraction of sp³-hybridized carbons (Fsp3) is 0.500. The highest BCUT2D eigenvalue weighted by Gasteiger charge is 2.28. The van der Waals surface area contributed by atoms with Gasteiger partial charge in [0.05, 0.1) is 0 Å². The average molecular weight is 251 g/mol. The molecule has 0 aromatic carbocycles. The number of oxime groups is 1. The highest BCUT2D eigenvalue weighted by Crippen LogP contribution is 2.19. The van der Waals surface area contributed by atoms with Crippen molar-refractivity contribution in [3.8, 4) is 0 Å². The Bertz CT molecular complexity index is 467. The van der Waals surface area contributed by atoms with Crippen LogP contribution in [0.3, 0.4) is 0 Å². The molecule has 3 N–H and O–H groups in total. The van der Waals surface area contributed by atoms with Crippen molar-refractivity contribution in [3.63, 3.8) is 0 Å². The van der Waals surface area contributed by atoms with Crippen molar-refractivity contribution in [1.82, 2.24) is 4.90 Å². The maximum absolute atomic E-state index is 12.2. The third-order valence-corrected chi connectivity index (χ3v) is 3.19. The van der Waals surface area contributed by atoms with Crippen LogP contribution in [0.15, 0.2) is 21.7 Å². The molecule has 6 nitrogen and oxygen atoms in total. The number of piperidine rings is 1. The summed E-state index contributed by atoms with van der Waals surface area (Å²) in [7, 11) is 0. The molecule has 1 aromatic rings. The molecule has 18 heavy (non-hydrogen) atoms. The van der Waals surface area contributed by atoms with Crippen molar-refractivity contribution in [2.45, 2.75) is 19.8 Å². The van der Waals surface area contributed by atoms with Gasteiger partial charge in [0, 0.05) is 19.0 Å². The number of hydrogen-bond acceptors (Lipinski definition) is 4. The summed E-state index contributed by atoms with van der Waals surface area (Å²) in [6.45, 7) is 2.94. The number of amidine groups is 1. The van der Waals surface area contributed by atoms with Gasteiger partial charge in [0.2, 0.25) is 0 Å². The van der Waals surface area contributed by atoms with Gasteiger partial charge < -0.3 is 20.3 Å². The third-order valence-electron chi connectivity index (χ3n) is 3.19. The third kappa shape index (κ3) is 2.47. The van der Waals surface area contributed by atoms with E-state index in [2.05, 4.69) is 5.16 Å². The number of nitrogens with zero attached hydrogens (tertiary/aromatic N) is 2. The van der Waals surface area contributed by atoms with E-state index in [1.165, 1.54) is 0 Å². The number of nitrogens with two attached hydrogens (primary N) is 1. The van der Waals surface area contributed by atoms with Crippen LogP contribution in [0.1, 0.15) is 29.2 Å². The minimum Gasteiger partial charge on any atom is -0.456 e. The maximum atomic E-state index is 12.2. The van der Waals surface area contributed by atoms with Crippen molar-refractivity contribution in [2.24, 2.45) is 16.8 Å². The Hall–Kier alpha value is -1.98. The summed E-state index contributed by atoms with van der Waals surface area (Å²) < 4.78 is 5.32. The van der Waals surface area contributed by atoms with Crippen molar-refractivity contribution < 1.29 is 14.4 Å². The lowest BCUT2D eigenvalue weighted by Crippen LogP contribution is -2.44. The van der Waals surface area contributed by atoms with Gasteiger partial charge in [-0.15, -0.1) is 0 Å². The van der Waals surface area contributed by atoms with Crippen molar-refractivity contribution in [3.05, 3.63) is 23.7 Å². The topological polar surface area (TPSA) is 92.1 Å². The second-order valence-electron chi connectivity index (χ2n) is 4.53. The number of amides is 1. The van der Waals surface area contributed by atoms with Crippen LogP contribution in [-0.2, 0) is 0 Å². The zero-order valence-electron chi connectivity index (χ0n) is 10.3. The Balaban J connectivity index is 2.07. The molecule has 0 spiro atoms. The van der Waals surface area contributed by atoms with Gasteiger partial charge in [0.25, 0.3) is 5.91 Å². The van der Waals surface area contributed by atoms with Crippen LogP contribution in [0.5, 0.6) is 0 Å². The SMILES string of the molecule is Cc1ccc(C(=O)N2CCCC(C(N)=NO)C2)o1. The molecular formula is C12H17N3O3. The Kier molecular flexibility index (Phi) is 3.55. The van der Waals surface area contributed by atoms with E-state index >= 15 is 0 Å². The lowest BCUT2D eigenvalue weighted by molar-refractivity contribution is 0.0667. The van der Waals surface area contributed by atoms with Crippen LogP contribution in [-0.4, -0.2) is 34.9 Å². The summed E-state index contributed by atoms with van der Waals surface area (Å²) in [5.41, 5.74) is 5.59. The fourth-order valence-corrected chi connectivity index (χ4v) is 2.19. The molecule has 0 radical (unpaired) electrons. The first-order valence-corrected chi connectivity index (χ1v) is 5.95. The number of hydrogen-bond donors (Lipinski definition) is 2. The predicted molar refractivity (Wildman–Crippen MR) is 65.5 cm³/mol.